The van der Waals surface area contributed by atoms with Crippen LogP contribution in [0.1, 0.15) is 12.5 Å². The molecule has 0 amide bonds. The van der Waals surface area contributed by atoms with Gasteiger partial charge < -0.3 is 10.2 Å². The summed E-state index contributed by atoms with van der Waals surface area (Å²) in [7, 11) is 1.93. The second-order valence-corrected chi connectivity index (χ2v) is 6.06. The molecule has 3 nitrogen and oxygen atoms in total. The van der Waals surface area contributed by atoms with Crippen molar-refractivity contribution >= 4 is 46.6 Å². The lowest BCUT2D eigenvalue weighted by Crippen LogP contribution is -2.14. The van der Waals surface area contributed by atoms with E-state index in [1.165, 1.54) is 12.1 Å². The Kier molecular flexibility index (Phi) is 5.85. The van der Waals surface area contributed by atoms with Crippen molar-refractivity contribution in [3.8, 4) is 0 Å². The molecule has 0 aromatic heterocycles. The predicted octanol–water partition coefficient (Wildman–Crippen LogP) is 5.80. The van der Waals surface area contributed by atoms with Crippen molar-refractivity contribution in [3.63, 3.8) is 0 Å². The Labute approximate surface area is 145 Å². The van der Waals surface area contributed by atoms with Gasteiger partial charge in [0.1, 0.15) is 5.82 Å². The summed E-state index contributed by atoms with van der Waals surface area (Å²) in [6.07, 6.45) is 1.73. The molecule has 0 aliphatic rings. The quantitative estimate of drug-likeness (QED) is 0.543. The van der Waals surface area contributed by atoms with E-state index < -0.39 is 5.82 Å². The van der Waals surface area contributed by atoms with Crippen LogP contribution in [0.15, 0.2) is 35.3 Å². The number of rotatable bonds is 5. The fourth-order valence-corrected chi connectivity index (χ4v) is 2.39. The third kappa shape index (κ3) is 4.85. The van der Waals surface area contributed by atoms with E-state index in [0.29, 0.717) is 27.1 Å². The van der Waals surface area contributed by atoms with Crippen molar-refractivity contribution in [1.82, 2.24) is 4.90 Å². The van der Waals surface area contributed by atoms with Gasteiger partial charge in [0, 0.05) is 24.3 Å². The molecule has 0 atom stereocenters. The van der Waals surface area contributed by atoms with Crippen LogP contribution in [0.4, 0.5) is 21.5 Å². The molecule has 6 heteroatoms. The molecule has 0 fully saturated rings. The molecule has 0 heterocycles. The van der Waals surface area contributed by atoms with Gasteiger partial charge in [0.25, 0.3) is 0 Å². The van der Waals surface area contributed by atoms with E-state index in [1.54, 1.807) is 12.4 Å². The highest BCUT2D eigenvalue weighted by molar-refractivity contribution is 6.36. The molecule has 0 bridgehead atoms. The minimum Gasteiger partial charge on any atom is -0.366 e. The number of halogens is 3. The zero-order chi connectivity index (χ0) is 17.0. The van der Waals surface area contributed by atoms with Crippen LogP contribution >= 0.6 is 23.2 Å². The number of hydrogen-bond donors (Lipinski definition) is 1. The molecule has 23 heavy (non-hydrogen) atoms. The lowest BCUT2D eigenvalue weighted by molar-refractivity contribution is 0.552. The van der Waals surface area contributed by atoms with Crippen molar-refractivity contribution in [3.05, 3.63) is 51.8 Å². The lowest BCUT2D eigenvalue weighted by atomic mass is 10.2. The maximum absolute atomic E-state index is 13.5. The van der Waals surface area contributed by atoms with Gasteiger partial charge in [-0.05, 0) is 49.7 Å². The van der Waals surface area contributed by atoms with Gasteiger partial charge in [-0.25, -0.2) is 9.38 Å². The van der Waals surface area contributed by atoms with Gasteiger partial charge in [0.2, 0.25) is 0 Å². The fraction of sp³-hybridized carbons (Fsp3) is 0.235. The highest BCUT2D eigenvalue weighted by atomic mass is 35.5. The molecule has 2 rings (SSSR count). The lowest BCUT2D eigenvalue weighted by Gasteiger charge is -2.13. The predicted molar refractivity (Wildman–Crippen MR) is 97.3 cm³/mol. The summed E-state index contributed by atoms with van der Waals surface area (Å²) in [5, 5.41) is 3.88. The van der Waals surface area contributed by atoms with Crippen molar-refractivity contribution in [2.75, 3.05) is 18.9 Å². The van der Waals surface area contributed by atoms with Gasteiger partial charge in [0.05, 0.1) is 22.7 Å². The molecule has 1 N–H and O–H groups in total. The number of hydrogen-bond acceptors (Lipinski definition) is 2. The van der Waals surface area contributed by atoms with E-state index in [-0.39, 0.29) is 0 Å². The molecule has 0 aliphatic heterocycles. The van der Waals surface area contributed by atoms with E-state index in [1.807, 2.05) is 37.9 Å². The fourth-order valence-electron chi connectivity index (χ4n) is 1.96. The van der Waals surface area contributed by atoms with Crippen LogP contribution in [0.25, 0.3) is 0 Å². The van der Waals surface area contributed by atoms with Crippen LogP contribution in [0.2, 0.25) is 10.0 Å². The van der Waals surface area contributed by atoms with Crippen LogP contribution in [0.5, 0.6) is 0 Å². The van der Waals surface area contributed by atoms with Gasteiger partial charge in [-0.15, -0.1) is 0 Å². The van der Waals surface area contributed by atoms with Crippen LogP contribution in [-0.2, 0) is 0 Å². The molecule has 0 saturated heterocycles. The van der Waals surface area contributed by atoms with E-state index in [0.717, 1.165) is 12.1 Å². The Morgan fingerprint density at radius 1 is 1.22 bits per heavy atom. The van der Waals surface area contributed by atoms with Gasteiger partial charge in [-0.1, -0.05) is 23.2 Å². The molecule has 0 spiro atoms. The van der Waals surface area contributed by atoms with Gasteiger partial charge >= 0.3 is 0 Å². The minimum atomic E-state index is -0.411. The number of nitrogens with one attached hydrogen (secondary N) is 1. The third-order valence-corrected chi connectivity index (χ3v) is 3.85. The largest absolute Gasteiger partial charge is 0.366 e. The van der Waals surface area contributed by atoms with Gasteiger partial charge in [-0.2, -0.15) is 0 Å². The minimum absolute atomic E-state index is 0.319. The van der Waals surface area contributed by atoms with Crippen LogP contribution in [-0.4, -0.2) is 24.8 Å². The van der Waals surface area contributed by atoms with Crippen molar-refractivity contribution in [2.24, 2.45) is 4.99 Å². The molecule has 0 aliphatic carbocycles. The normalized spacial score (nSPS) is 11.0. The molecule has 2 aromatic carbocycles. The van der Waals surface area contributed by atoms with Gasteiger partial charge in [-0.3, -0.25) is 0 Å². The van der Waals surface area contributed by atoms with E-state index in [4.69, 9.17) is 23.2 Å². The number of benzene rings is 2. The van der Waals surface area contributed by atoms with E-state index in [9.17, 15) is 4.39 Å². The van der Waals surface area contributed by atoms with Crippen LogP contribution in [0, 0.1) is 12.7 Å². The zero-order valence-corrected chi connectivity index (χ0v) is 14.7. The Morgan fingerprint density at radius 2 is 1.96 bits per heavy atom. The second kappa shape index (κ2) is 7.66. The smallest absolute Gasteiger partial charge is 0.126 e. The Morgan fingerprint density at radius 3 is 2.61 bits per heavy atom. The molecule has 0 radical (unpaired) electrons. The summed E-state index contributed by atoms with van der Waals surface area (Å²) >= 11 is 12.3. The summed E-state index contributed by atoms with van der Waals surface area (Å²) in [6, 6.07) is 8.02. The Balaban J connectivity index is 2.35. The monoisotopic (exact) mass is 353 g/mol. The van der Waals surface area contributed by atoms with Crippen LogP contribution < -0.4 is 5.32 Å². The average molecular weight is 354 g/mol. The maximum Gasteiger partial charge on any atom is 0.126 e. The van der Waals surface area contributed by atoms with Crippen molar-refractivity contribution < 1.29 is 4.39 Å². The first-order valence-corrected chi connectivity index (χ1v) is 7.92. The number of anilines is 2. The summed E-state index contributed by atoms with van der Waals surface area (Å²) in [4.78, 5) is 6.35. The first-order valence-electron chi connectivity index (χ1n) is 7.16. The summed E-state index contributed by atoms with van der Waals surface area (Å²) in [6.45, 7) is 4.83. The number of nitrogens with zero attached hydrogens (tertiary/aromatic N) is 2. The highest BCUT2D eigenvalue weighted by Crippen LogP contribution is 2.36. The molecular formula is C17H18Cl2FN3. The van der Waals surface area contributed by atoms with Crippen LogP contribution in [0.3, 0.4) is 0 Å². The molecule has 122 valence electrons. The molecule has 0 saturated carbocycles. The summed E-state index contributed by atoms with van der Waals surface area (Å²) in [5.74, 6) is -0.411. The molecule has 2 aromatic rings. The topological polar surface area (TPSA) is 27.6 Å². The highest BCUT2D eigenvalue weighted by Gasteiger charge is 2.09. The zero-order valence-electron chi connectivity index (χ0n) is 13.2. The van der Waals surface area contributed by atoms with Crippen molar-refractivity contribution in [2.45, 2.75) is 13.8 Å². The first-order chi connectivity index (χ1) is 10.9. The SMILES string of the molecule is CCN(C)C=Nc1cc(C)cc(Nc2cc(F)cc(Cl)c2)c1Cl. The average Bonchev–Trinajstić information content (AvgIpc) is 2.47. The van der Waals surface area contributed by atoms with Gasteiger partial charge in [0.15, 0.2) is 0 Å². The van der Waals surface area contributed by atoms with E-state index in [2.05, 4.69) is 10.3 Å². The Bertz CT molecular complexity index is 712. The Hall–Kier alpha value is -1.78. The number of aryl methyl sites for hydroxylation is 1. The summed E-state index contributed by atoms with van der Waals surface area (Å²) < 4.78 is 13.5. The first kappa shape index (κ1) is 17.6. The maximum atomic E-state index is 13.5. The number of aliphatic imine (C=N–C) groups is 1. The second-order valence-electron chi connectivity index (χ2n) is 5.25. The van der Waals surface area contributed by atoms with E-state index >= 15 is 0 Å². The summed E-state index contributed by atoms with van der Waals surface area (Å²) in [5.41, 5.74) is 2.82. The standard InChI is InChI=1S/C17H18Cl2FN3/c1-4-23(3)10-21-15-5-11(2)6-16(17(15)19)22-14-8-12(18)7-13(20)9-14/h5-10,22H,4H2,1-3H3. The molecular weight excluding hydrogens is 336 g/mol. The third-order valence-electron chi connectivity index (χ3n) is 3.23. The van der Waals surface area contributed by atoms with Crippen molar-refractivity contribution in [1.29, 1.82) is 0 Å². The molecule has 0 unspecified atom stereocenters.